The minimum Gasteiger partial charge on any atom is -0.462 e. The Balaban J connectivity index is 4.28. The van der Waals surface area contributed by atoms with Crippen LogP contribution >= 0.6 is 0 Å². The quantitative estimate of drug-likeness (QED) is 0.0344. The molecule has 0 aromatic rings. The molecule has 0 saturated heterocycles. The van der Waals surface area contributed by atoms with Gasteiger partial charge in [0.15, 0.2) is 6.10 Å². The summed E-state index contributed by atoms with van der Waals surface area (Å²) in [6, 6.07) is 0. The van der Waals surface area contributed by atoms with E-state index < -0.39 is 6.10 Å². The molecule has 0 aromatic carbocycles. The van der Waals surface area contributed by atoms with Gasteiger partial charge < -0.3 is 14.2 Å². The van der Waals surface area contributed by atoms with Crippen molar-refractivity contribution in [2.45, 2.75) is 317 Å². The maximum Gasteiger partial charge on any atom is 0.306 e. The average molecular weight is 877 g/mol. The summed E-state index contributed by atoms with van der Waals surface area (Å²) in [5.41, 5.74) is 0. The van der Waals surface area contributed by atoms with Gasteiger partial charge in [-0.05, 0) is 31.1 Å². The van der Waals surface area contributed by atoms with Crippen molar-refractivity contribution >= 4 is 17.9 Å². The van der Waals surface area contributed by atoms with Crippen LogP contribution in [0.15, 0.2) is 0 Å². The number of unbranched alkanes of at least 4 members (excludes halogenated alkanes) is 35. The highest BCUT2D eigenvalue weighted by atomic mass is 16.6. The number of esters is 3. The van der Waals surface area contributed by atoms with Gasteiger partial charge in [-0.25, -0.2) is 0 Å². The molecule has 0 rings (SSSR count). The number of carbonyl (C=O) groups is 3. The molecule has 0 N–H and O–H groups in total. The first-order valence-electron chi connectivity index (χ1n) is 27.7. The first-order chi connectivity index (χ1) is 30.2. The predicted octanol–water partition coefficient (Wildman–Crippen LogP) is 18.1. The lowest BCUT2D eigenvalue weighted by molar-refractivity contribution is -0.167. The number of hydrogen-bond donors (Lipinski definition) is 0. The highest BCUT2D eigenvalue weighted by molar-refractivity contribution is 5.71. The van der Waals surface area contributed by atoms with Gasteiger partial charge in [0.05, 0.1) is 0 Å². The highest BCUT2D eigenvalue weighted by Crippen LogP contribution is 2.18. The molecular formula is C56H108O6. The van der Waals surface area contributed by atoms with Gasteiger partial charge in [0, 0.05) is 19.3 Å². The second-order valence-corrected chi connectivity index (χ2v) is 20.2. The highest BCUT2D eigenvalue weighted by Gasteiger charge is 2.19. The zero-order chi connectivity index (χ0) is 45.4. The Labute approximate surface area is 387 Å². The number of ether oxygens (including phenoxy) is 3. The summed E-state index contributed by atoms with van der Waals surface area (Å²) in [4.78, 5) is 38.0. The predicted molar refractivity (Wildman–Crippen MR) is 266 cm³/mol. The summed E-state index contributed by atoms with van der Waals surface area (Å²) in [7, 11) is 0. The van der Waals surface area contributed by atoms with E-state index in [0.717, 1.165) is 69.6 Å². The SMILES string of the molecule is CCCCCCCCCCCCCCCC(=O)O[C@@H](COC(=O)CCCCCCCCCCCCCCCCCC(C)C)COC(=O)CCCCCCCCCCCCC(C)C. The van der Waals surface area contributed by atoms with Gasteiger partial charge >= 0.3 is 17.9 Å². The molecule has 0 heterocycles. The zero-order valence-electron chi connectivity index (χ0n) is 42.5. The minimum absolute atomic E-state index is 0.0630. The van der Waals surface area contributed by atoms with Crippen molar-refractivity contribution in [1.82, 2.24) is 0 Å². The molecule has 0 aliphatic heterocycles. The van der Waals surface area contributed by atoms with Crippen molar-refractivity contribution in [1.29, 1.82) is 0 Å². The van der Waals surface area contributed by atoms with E-state index in [1.165, 1.54) is 199 Å². The number of hydrogen-bond acceptors (Lipinski definition) is 6. The molecule has 0 spiro atoms. The van der Waals surface area contributed by atoms with Crippen LogP contribution in [0, 0.1) is 11.8 Å². The molecule has 62 heavy (non-hydrogen) atoms. The maximum atomic E-state index is 12.8. The lowest BCUT2D eigenvalue weighted by Gasteiger charge is -2.18. The Morgan fingerprint density at radius 3 is 0.790 bits per heavy atom. The molecule has 0 fully saturated rings. The Morgan fingerprint density at radius 1 is 0.306 bits per heavy atom. The van der Waals surface area contributed by atoms with Crippen molar-refractivity contribution in [3.63, 3.8) is 0 Å². The molecule has 6 heteroatoms. The van der Waals surface area contributed by atoms with E-state index in [2.05, 4.69) is 34.6 Å². The molecule has 0 aliphatic rings. The molecule has 0 saturated carbocycles. The summed E-state index contributed by atoms with van der Waals surface area (Å²) in [5, 5.41) is 0. The molecule has 0 aliphatic carbocycles. The first kappa shape index (κ1) is 60.4. The first-order valence-corrected chi connectivity index (χ1v) is 27.7. The number of carbonyl (C=O) groups excluding carboxylic acids is 3. The van der Waals surface area contributed by atoms with Gasteiger partial charge in [-0.3, -0.25) is 14.4 Å². The summed E-state index contributed by atoms with van der Waals surface area (Å²) in [5.74, 6) is 0.825. The third-order valence-electron chi connectivity index (χ3n) is 12.7. The van der Waals surface area contributed by atoms with Crippen LogP contribution in [0.25, 0.3) is 0 Å². The number of rotatable bonds is 50. The summed E-state index contributed by atoms with van der Waals surface area (Å²) >= 11 is 0. The van der Waals surface area contributed by atoms with Crippen molar-refractivity contribution in [2.75, 3.05) is 13.2 Å². The molecule has 368 valence electrons. The van der Waals surface area contributed by atoms with Crippen molar-refractivity contribution in [3.05, 3.63) is 0 Å². The van der Waals surface area contributed by atoms with Crippen LogP contribution in [0.3, 0.4) is 0 Å². The maximum absolute atomic E-state index is 12.8. The Morgan fingerprint density at radius 2 is 0.532 bits per heavy atom. The van der Waals surface area contributed by atoms with Crippen LogP contribution < -0.4 is 0 Å². The lowest BCUT2D eigenvalue weighted by atomic mass is 10.0. The summed E-state index contributed by atoms with van der Waals surface area (Å²) in [6.45, 7) is 11.4. The topological polar surface area (TPSA) is 78.9 Å². The van der Waals surface area contributed by atoms with Gasteiger partial charge in [0.25, 0.3) is 0 Å². The smallest absolute Gasteiger partial charge is 0.306 e. The van der Waals surface area contributed by atoms with Crippen LogP contribution in [0.5, 0.6) is 0 Å². The second kappa shape index (κ2) is 48.9. The molecule has 6 nitrogen and oxygen atoms in total. The summed E-state index contributed by atoms with van der Waals surface area (Å²) in [6.07, 6.45) is 50.9. The van der Waals surface area contributed by atoms with Crippen LogP contribution in [-0.4, -0.2) is 37.2 Å². The fourth-order valence-electron chi connectivity index (χ4n) is 8.52. The normalized spacial score (nSPS) is 12.0. The molecule has 0 amide bonds. The van der Waals surface area contributed by atoms with E-state index in [9.17, 15) is 14.4 Å². The Bertz CT molecular complexity index is 947. The molecule has 1 atom stereocenters. The van der Waals surface area contributed by atoms with Gasteiger partial charge in [0.1, 0.15) is 13.2 Å². The largest absolute Gasteiger partial charge is 0.462 e. The second-order valence-electron chi connectivity index (χ2n) is 20.2. The lowest BCUT2D eigenvalue weighted by Crippen LogP contribution is -2.30. The van der Waals surface area contributed by atoms with Gasteiger partial charge in [-0.2, -0.15) is 0 Å². The van der Waals surface area contributed by atoms with E-state index in [1.54, 1.807) is 0 Å². The Kier molecular flexibility index (Phi) is 47.6. The van der Waals surface area contributed by atoms with Gasteiger partial charge in [-0.1, -0.05) is 272 Å². The van der Waals surface area contributed by atoms with Gasteiger partial charge in [-0.15, -0.1) is 0 Å². The third-order valence-corrected chi connectivity index (χ3v) is 12.7. The van der Waals surface area contributed by atoms with Crippen LogP contribution in [0.2, 0.25) is 0 Å². The molecule has 0 aromatic heterocycles. The summed E-state index contributed by atoms with van der Waals surface area (Å²) < 4.78 is 16.9. The fraction of sp³-hybridized carbons (Fsp3) is 0.946. The van der Waals surface area contributed by atoms with Crippen molar-refractivity contribution < 1.29 is 28.6 Å². The molecular weight excluding hydrogens is 769 g/mol. The molecule has 0 bridgehead atoms. The third kappa shape index (κ3) is 49.4. The van der Waals surface area contributed by atoms with E-state index in [-0.39, 0.29) is 31.1 Å². The Hall–Kier alpha value is -1.59. The van der Waals surface area contributed by atoms with Crippen LogP contribution in [-0.2, 0) is 28.6 Å². The van der Waals surface area contributed by atoms with E-state index in [0.29, 0.717) is 19.3 Å². The van der Waals surface area contributed by atoms with E-state index in [4.69, 9.17) is 14.2 Å². The van der Waals surface area contributed by atoms with E-state index >= 15 is 0 Å². The molecule has 0 radical (unpaired) electrons. The van der Waals surface area contributed by atoms with Crippen molar-refractivity contribution in [2.24, 2.45) is 11.8 Å². The van der Waals surface area contributed by atoms with Crippen molar-refractivity contribution in [3.8, 4) is 0 Å². The van der Waals surface area contributed by atoms with E-state index in [1.807, 2.05) is 0 Å². The zero-order valence-corrected chi connectivity index (χ0v) is 42.5. The van der Waals surface area contributed by atoms with Gasteiger partial charge in [0.2, 0.25) is 0 Å². The fourth-order valence-corrected chi connectivity index (χ4v) is 8.52. The minimum atomic E-state index is -0.762. The average Bonchev–Trinajstić information content (AvgIpc) is 3.24. The monoisotopic (exact) mass is 877 g/mol. The standard InChI is InChI=1S/C56H108O6/c1-6-7-8-9-10-11-12-16-21-28-33-38-43-48-56(59)62-53(50-61-55(58)47-42-37-32-27-23-22-25-30-35-40-45-52(4)5)49-60-54(57)46-41-36-31-26-20-18-15-13-14-17-19-24-29-34-39-44-51(2)3/h51-53H,6-50H2,1-5H3/t53-/m0/s1. The molecule has 0 unspecified atom stereocenters. The van der Waals surface area contributed by atoms with Crippen LogP contribution in [0.1, 0.15) is 311 Å². The van der Waals surface area contributed by atoms with Crippen LogP contribution in [0.4, 0.5) is 0 Å².